The van der Waals surface area contributed by atoms with E-state index in [1.54, 1.807) is 23.7 Å². The molecule has 0 spiro atoms. The van der Waals surface area contributed by atoms with Gasteiger partial charge in [0.05, 0.1) is 16.9 Å². The van der Waals surface area contributed by atoms with Crippen LogP contribution in [0.15, 0.2) is 64.8 Å². The van der Waals surface area contributed by atoms with Crippen molar-refractivity contribution in [2.75, 3.05) is 0 Å². The first kappa shape index (κ1) is 14.3. The summed E-state index contributed by atoms with van der Waals surface area (Å²) in [4.78, 5) is 24.4. The summed E-state index contributed by atoms with van der Waals surface area (Å²) < 4.78 is 6.69. The number of hydrogen-bond donors (Lipinski definition) is 0. The Morgan fingerprint density at radius 2 is 1.71 bits per heavy atom. The zero-order valence-corrected chi connectivity index (χ0v) is 12.8. The minimum atomic E-state index is -0.963. The summed E-state index contributed by atoms with van der Waals surface area (Å²) in [6, 6.07) is 15.6. The van der Waals surface area contributed by atoms with Gasteiger partial charge in [-0.15, -0.1) is 0 Å². The molecule has 0 fully saturated rings. The quantitative estimate of drug-likeness (QED) is 0.411. The molecule has 0 amide bonds. The van der Waals surface area contributed by atoms with Gasteiger partial charge in [0.25, 0.3) is 0 Å². The van der Waals surface area contributed by atoms with E-state index >= 15 is 0 Å². The van der Waals surface area contributed by atoms with Crippen LogP contribution >= 0.6 is 0 Å². The fourth-order valence-corrected chi connectivity index (χ4v) is 2.98. The van der Waals surface area contributed by atoms with E-state index in [9.17, 15) is 9.59 Å². The lowest BCUT2D eigenvalue weighted by atomic mass is 10.0. The molecule has 2 aromatic carbocycles. The fourth-order valence-electron chi connectivity index (χ4n) is 2.98. The SMILES string of the molecule is Cn1c2c(c3ccccc31)C(=O)OC(=O)C2N=Nc1ccccc1. The van der Waals surface area contributed by atoms with E-state index in [4.69, 9.17) is 4.74 Å². The third-order valence-electron chi connectivity index (χ3n) is 4.08. The molecule has 2 heterocycles. The van der Waals surface area contributed by atoms with Crippen LogP contribution in [-0.2, 0) is 16.6 Å². The van der Waals surface area contributed by atoms with E-state index in [1.807, 2.05) is 42.5 Å². The average Bonchev–Trinajstić information content (AvgIpc) is 2.90. The summed E-state index contributed by atoms with van der Waals surface area (Å²) >= 11 is 0. The fraction of sp³-hybridized carbons (Fsp3) is 0.111. The smallest absolute Gasteiger partial charge is 0.348 e. The number of azo groups is 1. The molecule has 1 aliphatic heterocycles. The van der Waals surface area contributed by atoms with E-state index in [0.29, 0.717) is 16.9 Å². The van der Waals surface area contributed by atoms with E-state index in [1.165, 1.54) is 0 Å². The van der Waals surface area contributed by atoms with Gasteiger partial charge in [0.2, 0.25) is 6.04 Å². The maximum absolute atomic E-state index is 12.2. The van der Waals surface area contributed by atoms with Crippen LogP contribution in [0.1, 0.15) is 22.1 Å². The molecular formula is C18H13N3O3. The van der Waals surface area contributed by atoms with Gasteiger partial charge in [-0.2, -0.15) is 10.2 Å². The summed E-state index contributed by atoms with van der Waals surface area (Å²) in [5.74, 6) is -1.35. The van der Waals surface area contributed by atoms with Crippen molar-refractivity contribution in [2.24, 2.45) is 17.3 Å². The van der Waals surface area contributed by atoms with E-state index in [-0.39, 0.29) is 0 Å². The molecule has 0 saturated heterocycles. The lowest BCUT2D eigenvalue weighted by molar-refractivity contribution is -0.140. The van der Waals surface area contributed by atoms with Crippen molar-refractivity contribution in [1.82, 2.24) is 4.57 Å². The lowest BCUT2D eigenvalue weighted by Gasteiger charge is -2.18. The first-order chi connectivity index (χ1) is 11.7. The second-order valence-corrected chi connectivity index (χ2v) is 5.50. The van der Waals surface area contributed by atoms with Crippen molar-refractivity contribution in [3.05, 3.63) is 65.9 Å². The molecule has 1 aromatic heterocycles. The van der Waals surface area contributed by atoms with Crippen molar-refractivity contribution >= 4 is 28.5 Å². The minimum absolute atomic E-state index is 0.379. The minimum Gasteiger partial charge on any atom is -0.387 e. The van der Waals surface area contributed by atoms with Crippen molar-refractivity contribution in [3.63, 3.8) is 0 Å². The molecule has 1 atom stereocenters. The molecule has 6 nitrogen and oxygen atoms in total. The van der Waals surface area contributed by atoms with Gasteiger partial charge in [-0.25, -0.2) is 9.59 Å². The monoisotopic (exact) mass is 319 g/mol. The summed E-state index contributed by atoms with van der Waals surface area (Å²) in [7, 11) is 1.80. The third kappa shape index (κ3) is 2.11. The molecule has 0 radical (unpaired) electrons. The highest BCUT2D eigenvalue weighted by Gasteiger charge is 2.39. The predicted octanol–water partition coefficient (Wildman–Crippen LogP) is 3.70. The summed E-state index contributed by atoms with van der Waals surface area (Å²) in [6.45, 7) is 0. The maximum atomic E-state index is 12.2. The van der Waals surface area contributed by atoms with Crippen molar-refractivity contribution < 1.29 is 14.3 Å². The molecule has 6 heteroatoms. The Labute approximate surface area is 137 Å². The number of carbonyl (C=O) groups excluding carboxylic acids is 2. The Morgan fingerprint density at radius 3 is 2.50 bits per heavy atom. The topological polar surface area (TPSA) is 73.0 Å². The van der Waals surface area contributed by atoms with Gasteiger partial charge in [0.1, 0.15) is 0 Å². The van der Waals surface area contributed by atoms with Crippen LogP contribution in [0.2, 0.25) is 0 Å². The predicted molar refractivity (Wildman–Crippen MR) is 87.0 cm³/mol. The van der Waals surface area contributed by atoms with Gasteiger partial charge < -0.3 is 9.30 Å². The zero-order valence-electron chi connectivity index (χ0n) is 12.8. The highest BCUT2D eigenvalue weighted by Crippen LogP contribution is 2.36. The van der Waals surface area contributed by atoms with Crippen molar-refractivity contribution in [1.29, 1.82) is 0 Å². The van der Waals surface area contributed by atoms with Crippen LogP contribution in [0.5, 0.6) is 0 Å². The van der Waals surface area contributed by atoms with Gasteiger partial charge in [0, 0.05) is 18.0 Å². The van der Waals surface area contributed by atoms with E-state index in [0.717, 1.165) is 10.9 Å². The number of aryl methyl sites for hydroxylation is 1. The molecule has 0 saturated carbocycles. The second kappa shape index (κ2) is 5.42. The summed E-state index contributed by atoms with van der Waals surface area (Å²) in [5, 5.41) is 9.00. The highest BCUT2D eigenvalue weighted by atomic mass is 16.6. The number of cyclic esters (lactones) is 2. The first-order valence-corrected chi connectivity index (χ1v) is 7.46. The number of para-hydroxylation sites is 1. The van der Waals surface area contributed by atoms with Gasteiger partial charge in [0.15, 0.2) is 0 Å². The molecule has 1 unspecified atom stereocenters. The number of rotatable bonds is 2. The molecule has 118 valence electrons. The molecule has 3 aromatic rings. The average molecular weight is 319 g/mol. The summed E-state index contributed by atoms with van der Waals surface area (Å²) in [6.07, 6.45) is 0. The Balaban J connectivity index is 1.88. The number of nitrogens with zero attached hydrogens (tertiary/aromatic N) is 3. The van der Waals surface area contributed by atoms with Crippen LogP contribution < -0.4 is 0 Å². The van der Waals surface area contributed by atoms with Crippen LogP contribution in [0.3, 0.4) is 0 Å². The Morgan fingerprint density at radius 1 is 1.00 bits per heavy atom. The Kier molecular flexibility index (Phi) is 3.23. The van der Waals surface area contributed by atoms with Crippen molar-refractivity contribution in [3.8, 4) is 0 Å². The number of aromatic nitrogens is 1. The Hall–Kier alpha value is -3.28. The normalized spacial score (nSPS) is 17.3. The number of fused-ring (bicyclic) bond motifs is 3. The Bertz CT molecular complexity index is 989. The first-order valence-electron chi connectivity index (χ1n) is 7.46. The number of ether oxygens (including phenoxy) is 1. The second-order valence-electron chi connectivity index (χ2n) is 5.50. The van der Waals surface area contributed by atoms with Crippen molar-refractivity contribution in [2.45, 2.75) is 6.04 Å². The standard InChI is InChI=1S/C18H13N3O3/c1-21-13-10-6-5-9-12(13)14-16(21)15(18(23)24-17(14)22)20-19-11-7-3-2-4-8-11/h2-10,15H,1H3. The van der Waals surface area contributed by atoms with E-state index in [2.05, 4.69) is 10.2 Å². The number of carbonyl (C=O) groups is 2. The summed E-state index contributed by atoms with van der Waals surface area (Å²) in [5.41, 5.74) is 2.36. The molecule has 0 N–H and O–H groups in total. The van der Waals surface area contributed by atoms with Gasteiger partial charge in [-0.05, 0) is 18.2 Å². The van der Waals surface area contributed by atoms with Gasteiger partial charge in [-0.1, -0.05) is 36.4 Å². The van der Waals surface area contributed by atoms with Crippen LogP contribution in [0.4, 0.5) is 5.69 Å². The molecule has 24 heavy (non-hydrogen) atoms. The largest absolute Gasteiger partial charge is 0.387 e. The number of esters is 2. The molecule has 1 aliphatic rings. The van der Waals surface area contributed by atoms with Crippen LogP contribution in [0, 0.1) is 0 Å². The molecular weight excluding hydrogens is 306 g/mol. The maximum Gasteiger partial charge on any atom is 0.348 e. The third-order valence-corrected chi connectivity index (χ3v) is 4.08. The number of benzene rings is 2. The highest BCUT2D eigenvalue weighted by molar-refractivity contribution is 6.12. The zero-order chi connectivity index (χ0) is 16.7. The molecule has 0 bridgehead atoms. The van der Waals surface area contributed by atoms with E-state index < -0.39 is 18.0 Å². The molecule has 0 aliphatic carbocycles. The number of hydrogen-bond acceptors (Lipinski definition) is 5. The molecule has 4 rings (SSSR count). The van der Waals surface area contributed by atoms with Crippen LogP contribution in [-0.4, -0.2) is 16.5 Å². The lowest BCUT2D eigenvalue weighted by Crippen LogP contribution is -2.27. The van der Waals surface area contributed by atoms with Gasteiger partial charge >= 0.3 is 11.9 Å². The van der Waals surface area contributed by atoms with Crippen LogP contribution in [0.25, 0.3) is 10.9 Å². The van der Waals surface area contributed by atoms with Gasteiger partial charge in [-0.3, -0.25) is 0 Å².